The quantitative estimate of drug-likeness (QED) is 0.592. The van der Waals surface area contributed by atoms with Crippen molar-refractivity contribution in [1.29, 1.82) is 5.26 Å². The predicted octanol–water partition coefficient (Wildman–Crippen LogP) is 0.422. The summed E-state index contributed by atoms with van der Waals surface area (Å²) in [4.78, 5) is 9.47. The molecule has 0 saturated carbocycles. The Morgan fingerprint density at radius 3 is 2.44 bits per heavy atom. The third-order valence-corrected chi connectivity index (χ3v) is 3.00. The van der Waals surface area contributed by atoms with Gasteiger partial charge in [0, 0.05) is 11.6 Å². The van der Waals surface area contributed by atoms with Gasteiger partial charge in [0.25, 0.3) is 5.69 Å². The van der Waals surface area contributed by atoms with E-state index in [1.807, 2.05) is 0 Å². The minimum atomic E-state index is -4.08. The maximum Gasteiger partial charge on any atom is 0.274 e. The van der Waals surface area contributed by atoms with Crippen LogP contribution >= 0.6 is 0 Å². The van der Waals surface area contributed by atoms with E-state index in [9.17, 15) is 18.5 Å². The summed E-state index contributed by atoms with van der Waals surface area (Å²) in [5.74, 6) is 0. The maximum absolute atomic E-state index is 11.1. The molecule has 0 aromatic heterocycles. The van der Waals surface area contributed by atoms with E-state index in [0.717, 1.165) is 12.1 Å². The van der Waals surface area contributed by atoms with Gasteiger partial charge in [0.15, 0.2) is 0 Å². The fourth-order valence-corrected chi connectivity index (χ4v) is 2.05. The molecule has 1 aromatic carbocycles. The topological polar surface area (TPSA) is 127 Å². The van der Waals surface area contributed by atoms with Crippen molar-refractivity contribution < 1.29 is 13.3 Å². The average Bonchev–Trinajstić information content (AvgIpc) is 2.15. The average molecular weight is 241 g/mol. The third-order valence-electron chi connectivity index (χ3n) is 1.96. The lowest BCUT2D eigenvalue weighted by Crippen LogP contribution is -2.14. The van der Waals surface area contributed by atoms with Crippen LogP contribution in [-0.2, 0) is 10.0 Å². The molecule has 7 nitrogen and oxygen atoms in total. The van der Waals surface area contributed by atoms with Crippen molar-refractivity contribution >= 4 is 15.7 Å². The van der Waals surface area contributed by atoms with Gasteiger partial charge in [0.1, 0.15) is 0 Å². The second-order valence-electron chi connectivity index (χ2n) is 3.03. The molecule has 84 valence electrons. The summed E-state index contributed by atoms with van der Waals surface area (Å²) in [5, 5.41) is 24.1. The zero-order valence-electron chi connectivity index (χ0n) is 8.17. The van der Waals surface area contributed by atoms with Gasteiger partial charge in [-0.05, 0) is 13.0 Å². The molecule has 0 bridgehead atoms. The maximum atomic E-state index is 11.1. The summed E-state index contributed by atoms with van der Waals surface area (Å²) in [6.07, 6.45) is 0. The molecule has 0 fully saturated rings. The van der Waals surface area contributed by atoms with Crippen LogP contribution in [0.2, 0.25) is 0 Å². The molecule has 8 heteroatoms. The van der Waals surface area contributed by atoms with Gasteiger partial charge in [0.2, 0.25) is 10.0 Å². The van der Waals surface area contributed by atoms with Crippen molar-refractivity contribution in [3.63, 3.8) is 0 Å². The first-order valence-electron chi connectivity index (χ1n) is 3.99. The van der Waals surface area contributed by atoms with Crippen LogP contribution in [0.3, 0.4) is 0 Å². The molecule has 1 rings (SSSR count). The fourth-order valence-electron chi connectivity index (χ4n) is 1.22. The molecule has 0 saturated heterocycles. The largest absolute Gasteiger partial charge is 0.274 e. The molecule has 0 spiro atoms. The highest BCUT2D eigenvalue weighted by atomic mass is 32.2. The van der Waals surface area contributed by atoms with E-state index in [1.54, 1.807) is 6.07 Å². The van der Waals surface area contributed by atoms with Crippen molar-refractivity contribution in [3.8, 4) is 6.07 Å². The number of benzene rings is 1. The number of hydrogen-bond acceptors (Lipinski definition) is 5. The van der Waals surface area contributed by atoms with Gasteiger partial charge in [0.05, 0.1) is 21.5 Å². The third kappa shape index (κ3) is 2.16. The Balaban J connectivity index is 3.72. The predicted molar refractivity (Wildman–Crippen MR) is 53.9 cm³/mol. The number of nitro groups is 1. The molecule has 0 aliphatic rings. The van der Waals surface area contributed by atoms with Crippen LogP contribution in [0.5, 0.6) is 0 Å². The lowest BCUT2D eigenvalue weighted by Gasteiger charge is -2.04. The molecular formula is C8H7N3O4S. The highest BCUT2D eigenvalue weighted by Crippen LogP contribution is 2.26. The number of nitriles is 1. The number of nitro benzene ring substituents is 1. The van der Waals surface area contributed by atoms with E-state index in [0.29, 0.717) is 0 Å². The number of sulfonamides is 1. The molecule has 0 radical (unpaired) electrons. The van der Waals surface area contributed by atoms with Crippen molar-refractivity contribution in [2.24, 2.45) is 5.14 Å². The molecule has 0 unspecified atom stereocenters. The first-order chi connectivity index (χ1) is 7.27. The Bertz CT molecular complexity index is 600. The van der Waals surface area contributed by atoms with Crippen molar-refractivity contribution in [2.75, 3.05) is 0 Å². The van der Waals surface area contributed by atoms with Gasteiger partial charge in [-0.1, -0.05) is 0 Å². The standard InChI is InChI=1S/C8H7N3O4S/c1-5-7(11(12)13)2-6(4-9)3-8(5)16(10,14)15/h2-3H,1H3,(H2,10,14,15). The Hall–Kier alpha value is -1.98. The summed E-state index contributed by atoms with van der Waals surface area (Å²) >= 11 is 0. The Kier molecular flexibility index (Phi) is 2.93. The number of nitrogens with zero attached hydrogens (tertiary/aromatic N) is 2. The highest BCUT2D eigenvalue weighted by Gasteiger charge is 2.22. The van der Waals surface area contributed by atoms with Crippen LogP contribution < -0.4 is 5.14 Å². The SMILES string of the molecule is Cc1c([N+](=O)[O-])cc(C#N)cc1S(N)(=O)=O. The minimum absolute atomic E-state index is 0.0773. The minimum Gasteiger partial charge on any atom is -0.258 e. The second kappa shape index (κ2) is 3.88. The highest BCUT2D eigenvalue weighted by molar-refractivity contribution is 7.89. The Morgan fingerprint density at radius 1 is 1.50 bits per heavy atom. The molecule has 0 heterocycles. The van der Waals surface area contributed by atoms with Crippen LogP contribution in [0.25, 0.3) is 0 Å². The molecule has 0 aliphatic heterocycles. The van der Waals surface area contributed by atoms with Gasteiger partial charge < -0.3 is 0 Å². The Labute approximate surface area is 91.3 Å². The molecule has 1 aromatic rings. The van der Waals surface area contributed by atoms with E-state index in [1.165, 1.54) is 6.92 Å². The van der Waals surface area contributed by atoms with Gasteiger partial charge in [-0.15, -0.1) is 0 Å². The van der Waals surface area contributed by atoms with E-state index in [-0.39, 0.29) is 11.1 Å². The second-order valence-corrected chi connectivity index (χ2v) is 4.56. The number of nitrogens with two attached hydrogens (primary N) is 1. The summed E-state index contributed by atoms with van der Waals surface area (Å²) in [5.41, 5.74) is -0.643. The molecule has 0 amide bonds. The van der Waals surface area contributed by atoms with Gasteiger partial charge >= 0.3 is 0 Å². The monoisotopic (exact) mass is 241 g/mol. The molecule has 16 heavy (non-hydrogen) atoms. The van der Waals surface area contributed by atoms with Crippen LogP contribution in [0, 0.1) is 28.4 Å². The number of primary sulfonamides is 1. The summed E-state index contributed by atoms with van der Waals surface area (Å²) < 4.78 is 22.3. The molecule has 0 aliphatic carbocycles. The zero-order valence-corrected chi connectivity index (χ0v) is 8.98. The lowest BCUT2D eigenvalue weighted by atomic mass is 10.1. The van der Waals surface area contributed by atoms with Crippen LogP contribution in [0.4, 0.5) is 5.69 Å². The molecular weight excluding hydrogens is 234 g/mol. The van der Waals surface area contributed by atoms with E-state index >= 15 is 0 Å². The van der Waals surface area contributed by atoms with Crippen LogP contribution in [0.1, 0.15) is 11.1 Å². The van der Waals surface area contributed by atoms with Crippen molar-refractivity contribution in [2.45, 2.75) is 11.8 Å². The molecule has 0 atom stereocenters. The van der Waals surface area contributed by atoms with Crippen molar-refractivity contribution in [1.82, 2.24) is 0 Å². The summed E-state index contributed by atoms with van der Waals surface area (Å²) in [6.45, 7) is 1.26. The first-order valence-corrected chi connectivity index (χ1v) is 5.54. The van der Waals surface area contributed by atoms with E-state index in [2.05, 4.69) is 0 Å². The van der Waals surface area contributed by atoms with Gasteiger partial charge in [-0.3, -0.25) is 10.1 Å². The summed E-state index contributed by atoms with van der Waals surface area (Å²) in [7, 11) is -4.08. The molecule has 2 N–H and O–H groups in total. The van der Waals surface area contributed by atoms with E-state index in [4.69, 9.17) is 10.4 Å². The fraction of sp³-hybridized carbons (Fsp3) is 0.125. The van der Waals surface area contributed by atoms with Gasteiger partial charge in [-0.2, -0.15) is 5.26 Å². The Morgan fingerprint density at radius 2 is 2.06 bits per heavy atom. The number of hydrogen-bond donors (Lipinski definition) is 1. The van der Waals surface area contributed by atoms with Crippen molar-refractivity contribution in [3.05, 3.63) is 33.4 Å². The normalized spacial score (nSPS) is 10.8. The van der Waals surface area contributed by atoms with Crippen LogP contribution in [0.15, 0.2) is 17.0 Å². The first kappa shape index (κ1) is 12.1. The number of rotatable bonds is 2. The smallest absolute Gasteiger partial charge is 0.258 e. The van der Waals surface area contributed by atoms with Crippen LogP contribution in [-0.4, -0.2) is 13.3 Å². The lowest BCUT2D eigenvalue weighted by molar-refractivity contribution is -0.385. The van der Waals surface area contributed by atoms with Gasteiger partial charge in [-0.25, -0.2) is 13.6 Å². The summed E-state index contributed by atoms with van der Waals surface area (Å²) in [6, 6.07) is 3.65. The van der Waals surface area contributed by atoms with E-state index < -0.39 is 25.5 Å². The zero-order chi connectivity index (χ0) is 12.5.